The van der Waals surface area contributed by atoms with E-state index in [0.29, 0.717) is 27.8 Å². The number of anilines is 1. The van der Waals surface area contributed by atoms with Crippen LogP contribution in [0.1, 0.15) is 5.56 Å². The molecule has 0 aliphatic rings. The van der Waals surface area contributed by atoms with Crippen LogP contribution in [0.2, 0.25) is 0 Å². The molecule has 0 saturated carbocycles. The summed E-state index contributed by atoms with van der Waals surface area (Å²) in [5.74, 6) is -0.738. The molecule has 5 nitrogen and oxygen atoms in total. The number of hydrogen-bond donors (Lipinski definition) is 2. The Morgan fingerprint density at radius 2 is 1.60 bits per heavy atom. The summed E-state index contributed by atoms with van der Waals surface area (Å²) in [6.07, 6.45) is 2.69. The normalized spacial score (nSPS) is 12.0. The fraction of sp³-hybridized carbons (Fsp3) is 0.0455. The van der Waals surface area contributed by atoms with E-state index in [0.717, 1.165) is 11.8 Å². The number of hydrogen-bond acceptors (Lipinski definition) is 4. The van der Waals surface area contributed by atoms with Gasteiger partial charge < -0.3 is 4.98 Å². The number of aromatic nitrogens is 1. The Bertz CT molecular complexity index is 1340. The van der Waals surface area contributed by atoms with Gasteiger partial charge in [-0.15, -0.1) is 0 Å². The van der Waals surface area contributed by atoms with Crippen LogP contribution in [0.5, 0.6) is 0 Å². The van der Waals surface area contributed by atoms with E-state index in [-0.39, 0.29) is 16.5 Å². The average molecular weight is 425 g/mol. The van der Waals surface area contributed by atoms with Gasteiger partial charge in [0.05, 0.1) is 22.5 Å². The Morgan fingerprint density at radius 1 is 0.933 bits per heavy atom. The Kier molecular flexibility index (Phi) is 5.09. The van der Waals surface area contributed by atoms with Gasteiger partial charge in [-0.2, -0.15) is 5.10 Å². The number of aromatic amines is 1. The van der Waals surface area contributed by atoms with E-state index in [1.54, 1.807) is 36.5 Å². The van der Waals surface area contributed by atoms with Crippen LogP contribution in [-0.2, 0) is 9.84 Å². The maximum Gasteiger partial charge on any atom is 0.175 e. The zero-order chi connectivity index (χ0) is 21.3. The van der Waals surface area contributed by atoms with Crippen molar-refractivity contribution >= 4 is 32.6 Å². The van der Waals surface area contributed by atoms with Crippen LogP contribution >= 0.6 is 0 Å². The third-order valence-electron chi connectivity index (χ3n) is 4.60. The van der Waals surface area contributed by atoms with Gasteiger partial charge in [0.2, 0.25) is 0 Å². The summed E-state index contributed by atoms with van der Waals surface area (Å²) in [6, 6.07) is 16.5. The van der Waals surface area contributed by atoms with E-state index >= 15 is 0 Å². The summed E-state index contributed by atoms with van der Waals surface area (Å²) in [5.41, 5.74) is 6.14. The van der Waals surface area contributed by atoms with Crippen molar-refractivity contribution in [3.8, 4) is 11.3 Å². The van der Waals surface area contributed by atoms with Crippen molar-refractivity contribution in [2.24, 2.45) is 5.10 Å². The van der Waals surface area contributed by atoms with E-state index in [4.69, 9.17) is 0 Å². The van der Waals surface area contributed by atoms with Crippen molar-refractivity contribution in [3.63, 3.8) is 0 Å². The zero-order valence-corrected chi connectivity index (χ0v) is 16.7. The fourth-order valence-corrected chi connectivity index (χ4v) is 3.74. The summed E-state index contributed by atoms with van der Waals surface area (Å²) in [6.45, 7) is 0. The molecule has 1 heterocycles. The summed E-state index contributed by atoms with van der Waals surface area (Å²) in [7, 11) is -3.31. The topological polar surface area (TPSA) is 74.3 Å². The van der Waals surface area contributed by atoms with Crippen molar-refractivity contribution in [1.82, 2.24) is 4.98 Å². The molecular formula is C22H17F2N3O2S. The third kappa shape index (κ3) is 4.08. The second-order valence-corrected chi connectivity index (χ2v) is 8.79. The van der Waals surface area contributed by atoms with Gasteiger partial charge in [0.15, 0.2) is 9.84 Å². The first-order valence-corrected chi connectivity index (χ1v) is 10.9. The third-order valence-corrected chi connectivity index (χ3v) is 5.73. The molecule has 152 valence electrons. The first-order chi connectivity index (χ1) is 14.3. The molecule has 4 aromatic rings. The predicted molar refractivity (Wildman–Crippen MR) is 114 cm³/mol. The zero-order valence-electron chi connectivity index (χ0n) is 15.9. The molecule has 2 N–H and O–H groups in total. The van der Waals surface area contributed by atoms with Gasteiger partial charge in [-0.1, -0.05) is 12.1 Å². The molecule has 0 aliphatic carbocycles. The standard InChI is InChI=1S/C22H17F2N3O2S/c1-30(28,29)18-9-2-14(3-10-18)22-20(19-12-16(24)6-11-21(19)26-22)13-25-27-17-7-4-15(23)5-8-17/h2-13,26-27H,1H3. The van der Waals surface area contributed by atoms with Gasteiger partial charge in [0.1, 0.15) is 11.6 Å². The molecule has 1 aromatic heterocycles. The van der Waals surface area contributed by atoms with Crippen molar-refractivity contribution in [1.29, 1.82) is 0 Å². The van der Waals surface area contributed by atoms with Gasteiger partial charge in [-0.05, 0) is 60.2 Å². The minimum Gasteiger partial charge on any atom is -0.354 e. The van der Waals surface area contributed by atoms with Crippen LogP contribution in [0.15, 0.2) is 76.7 Å². The Morgan fingerprint density at radius 3 is 2.27 bits per heavy atom. The van der Waals surface area contributed by atoms with E-state index in [9.17, 15) is 17.2 Å². The predicted octanol–water partition coefficient (Wildman–Crippen LogP) is 4.96. The highest BCUT2D eigenvalue weighted by molar-refractivity contribution is 7.90. The second-order valence-electron chi connectivity index (χ2n) is 6.78. The molecule has 30 heavy (non-hydrogen) atoms. The Hall–Kier alpha value is -3.52. The van der Waals surface area contributed by atoms with Gasteiger partial charge >= 0.3 is 0 Å². The molecule has 8 heteroatoms. The minimum absolute atomic E-state index is 0.210. The monoisotopic (exact) mass is 425 g/mol. The van der Waals surface area contributed by atoms with Crippen LogP contribution in [-0.4, -0.2) is 25.9 Å². The molecule has 0 atom stereocenters. The number of hydrazone groups is 1. The lowest BCUT2D eigenvalue weighted by molar-refractivity contribution is 0.602. The summed E-state index contributed by atoms with van der Waals surface area (Å²) in [5, 5.41) is 4.83. The molecule has 0 radical (unpaired) electrons. The van der Waals surface area contributed by atoms with Gasteiger partial charge in [-0.3, -0.25) is 5.43 Å². The van der Waals surface area contributed by atoms with Crippen LogP contribution in [0.4, 0.5) is 14.5 Å². The molecule has 0 aliphatic heterocycles. The van der Waals surface area contributed by atoms with Gasteiger partial charge in [0.25, 0.3) is 0 Å². The van der Waals surface area contributed by atoms with Crippen LogP contribution in [0.25, 0.3) is 22.2 Å². The lowest BCUT2D eigenvalue weighted by atomic mass is 10.1. The SMILES string of the molecule is CS(=O)(=O)c1ccc(-c2[nH]c3ccc(F)cc3c2C=NNc2ccc(F)cc2)cc1. The Balaban J connectivity index is 1.76. The lowest BCUT2D eigenvalue weighted by Gasteiger charge is -2.04. The van der Waals surface area contributed by atoms with Gasteiger partial charge in [0, 0.05) is 22.7 Å². The van der Waals surface area contributed by atoms with E-state index in [1.807, 2.05) is 0 Å². The van der Waals surface area contributed by atoms with Crippen molar-refractivity contribution in [2.75, 3.05) is 11.7 Å². The summed E-state index contributed by atoms with van der Waals surface area (Å²) >= 11 is 0. The quantitative estimate of drug-likeness (QED) is 0.350. The largest absolute Gasteiger partial charge is 0.354 e. The maximum atomic E-state index is 13.9. The second kappa shape index (κ2) is 7.72. The number of benzene rings is 3. The minimum atomic E-state index is -3.31. The molecule has 0 fully saturated rings. The van der Waals surface area contributed by atoms with E-state index < -0.39 is 9.84 Å². The highest BCUT2D eigenvalue weighted by Gasteiger charge is 2.14. The first-order valence-electron chi connectivity index (χ1n) is 8.97. The van der Waals surface area contributed by atoms with Crippen molar-refractivity contribution in [2.45, 2.75) is 4.90 Å². The summed E-state index contributed by atoms with van der Waals surface area (Å²) < 4.78 is 50.3. The molecule has 3 aromatic carbocycles. The highest BCUT2D eigenvalue weighted by atomic mass is 32.2. The van der Waals surface area contributed by atoms with Crippen molar-refractivity contribution in [3.05, 3.63) is 83.9 Å². The fourth-order valence-electron chi connectivity index (χ4n) is 3.11. The molecule has 4 rings (SSSR count). The highest BCUT2D eigenvalue weighted by Crippen LogP contribution is 2.30. The van der Waals surface area contributed by atoms with Crippen LogP contribution in [0, 0.1) is 11.6 Å². The molecule has 0 bridgehead atoms. The lowest BCUT2D eigenvalue weighted by Crippen LogP contribution is -1.96. The van der Waals surface area contributed by atoms with Crippen LogP contribution < -0.4 is 5.43 Å². The van der Waals surface area contributed by atoms with Crippen LogP contribution in [0.3, 0.4) is 0 Å². The molecule has 0 amide bonds. The van der Waals surface area contributed by atoms with Crippen molar-refractivity contribution < 1.29 is 17.2 Å². The molecular weight excluding hydrogens is 408 g/mol. The number of H-pyrrole nitrogens is 1. The number of nitrogens with zero attached hydrogens (tertiary/aromatic N) is 1. The summed E-state index contributed by atoms with van der Waals surface area (Å²) in [4.78, 5) is 3.45. The smallest absolute Gasteiger partial charge is 0.175 e. The number of halogens is 2. The van der Waals surface area contributed by atoms with Gasteiger partial charge in [-0.25, -0.2) is 17.2 Å². The molecule has 0 spiro atoms. The number of sulfone groups is 1. The number of fused-ring (bicyclic) bond motifs is 1. The number of nitrogens with one attached hydrogen (secondary N) is 2. The Labute approximate surface area is 172 Å². The maximum absolute atomic E-state index is 13.9. The number of rotatable bonds is 5. The van der Waals surface area contributed by atoms with E-state index in [1.165, 1.54) is 36.4 Å². The molecule has 0 saturated heterocycles. The van der Waals surface area contributed by atoms with E-state index in [2.05, 4.69) is 15.5 Å². The average Bonchev–Trinajstić information content (AvgIpc) is 3.07. The molecule has 0 unspecified atom stereocenters. The first kappa shape index (κ1) is 19.8.